The maximum atomic E-state index is 14.1. The molecule has 1 unspecified atom stereocenters. The van der Waals surface area contributed by atoms with Gasteiger partial charge >= 0.3 is 0 Å². The minimum atomic E-state index is -3.85. The lowest BCUT2D eigenvalue weighted by molar-refractivity contribution is -0.140. The number of sulfonamides is 1. The third kappa shape index (κ3) is 8.64. The molecule has 9 heteroatoms. The molecule has 0 saturated heterocycles. The van der Waals surface area contributed by atoms with E-state index in [-0.39, 0.29) is 24.8 Å². The normalized spacial score (nSPS) is 12.2. The van der Waals surface area contributed by atoms with E-state index in [0.29, 0.717) is 23.4 Å². The number of hydrogen-bond acceptors (Lipinski definition) is 4. The average molecular weight is 568 g/mol. The zero-order chi connectivity index (χ0) is 29.4. The molecule has 3 aromatic carbocycles. The van der Waals surface area contributed by atoms with Crippen LogP contribution < -0.4 is 9.62 Å². The highest BCUT2D eigenvalue weighted by molar-refractivity contribution is 7.92. The van der Waals surface area contributed by atoms with Gasteiger partial charge in [-0.1, -0.05) is 68.4 Å². The van der Waals surface area contributed by atoms with Crippen molar-refractivity contribution in [1.82, 2.24) is 10.2 Å². The molecule has 1 N–H and O–H groups in total. The fourth-order valence-corrected chi connectivity index (χ4v) is 5.24. The van der Waals surface area contributed by atoms with Crippen LogP contribution >= 0.6 is 0 Å². The van der Waals surface area contributed by atoms with E-state index in [2.05, 4.69) is 5.32 Å². The van der Waals surface area contributed by atoms with Crippen LogP contribution in [0.2, 0.25) is 0 Å². The molecule has 40 heavy (non-hydrogen) atoms. The standard InChI is InChI=1S/C31H38FN3O4S/c1-22(2)19-33-31(37)29(18-25-9-7-6-8-10-25)34(20-26-13-15-27(32)16-14-26)30(36)21-35(40(5,38)39)28-17-23(3)11-12-24(28)4/h6-17,22,29H,18-21H2,1-5H3,(H,33,37). The second-order valence-corrected chi connectivity index (χ2v) is 12.5. The van der Waals surface area contributed by atoms with Gasteiger partial charge in [-0.05, 0) is 60.2 Å². The first-order valence-corrected chi connectivity index (χ1v) is 15.1. The second-order valence-electron chi connectivity index (χ2n) is 10.6. The van der Waals surface area contributed by atoms with E-state index in [4.69, 9.17) is 0 Å². The van der Waals surface area contributed by atoms with Gasteiger partial charge in [0.05, 0.1) is 11.9 Å². The molecule has 0 aliphatic heterocycles. The SMILES string of the molecule is Cc1ccc(C)c(N(CC(=O)N(Cc2ccc(F)cc2)C(Cc2ccccc2)C(=O)NCC(C)C)S(C)(=O)=O)c1. The minimum Gasteiger partial charge on any atom is -0.354 e. The molecule has 0 aromatic heterocycles. The number of anilines is 1. The van der Waals surface area contributed by atoms with Crippen molar-refractivity contribution in [2.45, 2.75) is 46.7 Å². The first kappa shape index (κ1) is 30.8. The summed E-state index contributed by atoms with van der Waals surface area (Å²) in [5, 5.41) is 2.94. The van der Waals surface area contributed by atoms with Crippen LogP contribution in [0.15, 0.2) is 72.8 Å². The smallest absolute Gasteiger partial charge is 0.244 e. The third-order valence-electron chi connectivity index (χ3n) is 6.53. The summed E-state index contributed by atoms with van der Waals surface area (Å²) < 4.78 is 40.7. The van der Waals surface area contributed by atoms with E-state index in [1.165, 1.54) is 17.0 Å². The number of amides is 2. The van der Waals surface area contributed by atoms with E-state index in [1.54, 1.807) is 31.2 Å². The Hall–Kier alpha value is -3.72. The van der Waals surface area contributed by atoms with E-state index >= 15 is 0 Å². The zero-order valence-electron chi connectivity index (χ0n) is 23.7. The van der Waals surface area contributed by atoms with Crippen LogP contribution in [0.25, 0.3) is 0 Å². The number of nitrogens with zero attached hydrogens (tertiary/aromatic N) is 2. The molecule has 0 saturated carbocycles. The van der Waals surface area contributed by atoms with Crippen molar-refractivity contribution < 1.29 is 22.4 Å². The summed E-state index contributed by atoms with van der Waals surface area (Å²) in [6.07, 6.45) is 1.28. The van der Waals surface area contributed by atoms with Crippen LogP contribution in [-0.4, -0.2) is 50.5 Å². The van der Waals surface area contributed by atoms with Crippen LogP contribution in [0.4, 0.5) is 10.1 Å². The predicted octanol–water partition coefficient (Wildman–Crippen LogP) is 4.62. The van der Waals surface area contributed by atoms with Crippen LogP contribution in [0, 0.1) is 25.6 Å². The lowest BCUT2D eigenvalue weighted by Gasteiger charge is -2.34. The van der Waals surface area contributed by atoms with Gasteiger partial charge in [0.25, 0.3) is 0 Å². The monoisotopic (exact) mass is 567 g/mol. The van der Waals surface area contributed by atoms with Crippen LogP contribution in [-0.2, 0) is 32.6 Å². The van der Waals surface area contributed by atoms with Crippen molar-refractivity contribution in [2.75, 3.05) is 23.7 Å². The molecule has 0 heterocycles. The van der Waals surface area contributed by atoms with Crippen molar-refractivity contribution >= 4 is 27.5 Å². The fraction of sp³-hybridized carbons (Fsp3) is 0.355. The van der Waals surface area contributed by atoms with Gasteiger partial charge in [-0.15, -0.1) is 0 Å². The Balaban J connectivity index is 2.06. The highest BCUT2D eigenvalue weighted by Crippen LogP contribution is 2.25. The quantitative estimate of drug-likeness (QED) is 0.346. The summed E-state index contributed by atoms with van der Waals surface area (Å²) in [4.78, 5) is 29.1. The molecule has 0 fully saturated rings. The molecule has 2 amide bonds. The maximum absolute atomic E-state index is 14.1. The minimum absolute atomic E-state index is 0.00386. The Morgan fingerprint density at radius 2 is 1.57 bits per heavy atom. The predicted molar refractivity (Wildman–Crippen MR) is 157 cm³/mol. The zero-order valence-corrected chi connectivity index (χ0v) is 24.5. The second kappa shape index (κ2) is 13.6. The fourth-order valence-electron chi connectivity index (χ4n) is 4.35. The Kier molecular flexibility index (Phi) is 10.5. The molecule has 0 radical (unpaired) electrons. The number of halogens is 1. The molecule has 0 bridgehead atoms. The number of carbonyl (C=O) groups excluding carboxylic acids is 2. The highest BCUT2D eigenvalue weighted by atomic mass is 32.2. The molecule has 0 aliphatic rings. The molecular formula is C31H38FN3O4S. The topological polar surface area (TPSA) is 86.8 Å². The van der Waals surface area contributed by atoms with E-state index in [9.17, 15) is 22.4 Å². The summed E-state index contributed by atoms with van der Waals surface area (Å²) in [6, 6.07) is 19.5. The van der Waals surface area contributed by atoms with Crippen molar-refractivity contribution in [1.29, 1.82) is 0 Å². The molecule has 3 rings (SSSR count). The van der Waals surface area contributed by atoms with Crippen molar-refractivity contribution in [3.05, 3.63) is 101 Å². The van der Waals surface area contributed by atoms with Crippen molar-refractivity contribution in [3.8, 4) is 0 Å². The first-order chi connectivity index (χ1) is 18.8. The summed E-state index contributed by atoms with van der Waals surface area (Å²) in [6.45, 7) is 7.50. The summed E-state index contributed by atoms with van der Waals surface area (Å²) >= 11 is 0. The number of carbonyl (C=O) groups is 2. The Bertz CT molecular complexity index is 1410. The van der Waals surface area contributed by atoms with Gasteiger partial charge in [-0.3, -0.25) is 13.9 Å². The van der Waals surface area contributed by atoms with Crippen molar-refractivity contribution in [2.24, 2.45) is 5.92 Å². The van der Waals surface area contributed by atoms with Gasteiger partial charge in [-0.25, -0.2) is 12.8 Å². The van der Waals surface area contributed by atoms with E-state index in [1.807, 2.05) is 57.2 Å². The number of nitrogens with one attached hydrogen (secondary N) is 1. The van der Waals surface area contributed by atoms with Crippen LogP contribution in [0.3, 0.4) is 0 Å². The first-order valence-electron chi connectivity index (χ1n) is 13.3. The van der Waals surface area contributed by atoms with Gasteiger partial charge in [0.2, 0.25) is 21.8 Å². The molecule has 0 spiro atoms. The Morgan fingerprint density at radius 1 is 0.925 bits per heavy atom. The summed E-state index contributed by atoms with van der Waals surface area (Å²) in [7, 11) is -3.85. The van der Waals surface area contributed by atoms with Gasteiger partial charge < -0.3 is 10.2 Å². The number of benzene rings is 3. The highest BCUT2D eigenvalue weighted by Gasteiger charge is 2.33. The Morgan fingerprint density at radius 3 is 2.17 bits per heavy atom. The molecule has 1 atom stereocenters. The summed E-state index contributed by atoms with van der Waals surface area (Å²) in [5.74, 6) is -1.12. The van der Waals surface area contributed by atoms with Gasteiger partial charge in [-0.2, -0.15) is 0 Å². The largest absolute Gasteiger partial charge is 0.354 e. The number of aryl methyl sites for hydroxylation is 2. The number of rotatable bonds is 12. The van der Waals surface area contributed by atoms with Crippen LogP contribution in [0.1, 0.15) is 36.1 Å². The maximum Gasteiger partial charge on any atom is 0.244 e. The van der Waals surface area contributed by atoms with Gasteiger partial charge in [0.1, 0.15) is 18.4 Å². The third-order valence-corrected chi connectivity index (χ3v) is 7.66. The van der Waals surface area contributed by atoms with Crippen molar-refractivity contribution in [3.63, 3.8) is 0 Å². The molecule has 7 nitrogen and oxygen atoms in total. The lowest BCUT2D eigenvalue weighted by Crippen LogP contribution is -2.53. The van der Waals surface area contributed by atoms with Crippen LogP contribution in [0.5, 0.6) is 0 Å². The lowest BCUT2D eigenvalue weighted by atomic mass is 10.0. The molecule has 0 aliphatic carbocycles. The number of hydrogen-bond donors (Lipinski definition) is 1. The molecular weight excluding hydrogens is 529 g/mol. The summed E-state index contributed by atoms with van der Waals surface area (Å²) in [5.41, 5.74) is 3.41. The molecule has 3 aromatic rings. The van der Waals surface area contributed by atoms with E-state index in [0.717, 1.165) is 21.7 Å². The van der Waals surface area contributed by atoms with E-state index < -0.39 is 34.3 Å². The average Bonchev–Trinajstić information content (AvgIpc) is 2.90. The Labute approximate surface area is 237 Å². The van der Waals surface area contributed by atoms with Gasteiger partial charge in [0.15, 0.2) is 0 Å². The molecule has 214 valence electrons. The van der Waals surface area contributed by atoms with Gasteiger partial charge in [0, 0.05) is 19.5 Å².